The molecule has 0 unspecified atom stereocenters. The van der Waals surface area contributed by atoms with E-state index in [1.165, 1.54) is 0 Å². The average molecular weight is 290 g/mol. The number of carbonyl (C=O) groups excluding carboxylic acids is 1. The Kier molecular flexibility index (Phi) is 3.55. The number of nitrogens with two attached hydrogens (primary N) is 1. The van der Waals surface area contributed by atoms with Crippen molar-refractivity contribution in [2.75, 3.05) is 43.4 Å². The van der Waals surface area contributed by atoms with E-state index in [2.05, 4.69) is 4.98 Å². The molecule has 7 heteroatoms. The Morgan fingerprint density at radius 3 is 2.86 bits per heavy atom. The van der Waals surface area contributed by atoms with Crippen LogP contribution in [0.1, 0.15) is 6.92 Å². The summed E-state index contributed by atoms with van der Waals surface area (Å²) in [6.07, 6.45) is -0.262. The third-order valence-corrected chi connectivity index (χ3v) is 3.48. The second-order valence-corrected chi connectivity index (χ2v) is 4.90. The van der Waals surface area contributed by atoms with Crippen molar-refractivity contribution in [3.8, 4) is 0 Å². The highest BCUT2D eigenvalue weighted by Gasteiger charge is 2.24. The zero-order chi connectivity index (χ0) is 14.8. The number of nitrogens with zero attached hydrogens (tertiary/aromatic N) is 3. The van der Waals surface area contributed by atoms with Gasteiger partial charge in [-0.1, -0.05) is 0 Å². The second kappa shape index (κ2) is 5.51. The number of fused-ring (bicyclic) bond motifs is 1. The number of ether oxygens (including phenoxy) is 1. The number of rotatable bonds is 2. The summed E-state index contributed by atoms with van der Waals surface area (Å²) < 4.78 is 10.7. The third kappa shape index (κ3) is 2.72. The maximum atomic E-state index is 11.7. The Hall–Kier alpha value is -2.44. The number of carbonyl (C=O) groups is 1. The van der Waals surface area contributed by atoms with Crippen LogP contribution < -0.4 is 10.6 Å². The molecule has 3 rings (SSSR count). The lowest BCUT2D eigenvalue weighted by molar-refractivity contribution is 0.104. The number of anilines is 2. The van der Waals surface area contributed by atoms with Crippen molar-refractivity contribution in [1.29, 1.82) is 0 Å². The minimum Gasteiger partial charge on any atom is -0.450 e. The van der Waals surface area contributed by atoms with E-state index in [4.69, 9.17) is 14.9 Å². The number of hydrogen-bond acceptors (Lipinski definition) is 6. The summed E-state index contributed by atoms with van der Waals surface area (Å²) in [5.41, 5.74) is 7.86. The van der Waals surface area contributed by atoms with E-state index < -0.39 is 0 Å². The van der Waals surface area contributed by atoms with Gasteiger partial charge in [0.05, 0.1) is 6.61 Å². The Labute approximate surface area is 122 Å². The van der Waals surface area contributed by atoms with Gasteiger partial charge in [0, 0.05) is 31.9 Å². The Balaban J connectivity index is 1.69. The first-order valence-electron chi connectivity index (χ1n) is 7.00. The topological polar surface area (TPSA) is 84.8 Å². The molecule has 0 saturated carbocycles. The quantitative estimate of drug-likeness (QED) is 0.847. The van der Waals surface area contributed by atoms with Crippen LogP contribution in [0.3, 0.4) is 0 Å². The molecule has 0 aliphatic carbocycles. The minimum atomic E-state index is -0.262. The van der Waals surface area contributed by atoms with Crippen LogP contribution in [-0.4, -0.2) is 48.8 Å². The van der Waals surface area contributed by atoms with Crippen molar-refractivity contribution in [3.05, 3.63) is 18.2 Å². The summed E-state index contributed by atoms with van der Waals surface area (Å²) in [5, 5.41) is 0. The smallest absolute Gasteiger partial charge is 0.409 e. The molecule has 0 spiro atoms. The van der Waals surface area contributed by atoms with Gasteiger partial charge in [0.25, 0.3) is 6.01 Å². The molecule has 1 aromatic carbocycles. The average Bonchev–Trinajstić information content (AvgIpc) is 2.90. The van der Waals surface area contributed by atoms with Crippen LogP contribution in [0.15, 0.2) is 22.6 Å². The largest absolute Gasteiger partial charge is 0.450 e. The molecule has 1 aliphatic heterocycles. The molecule has 2 heterocycles. The lowest BCUT2D eigenvalue weighted by Gasteiger charge is -2.32. The van der Waals surface area contributed by atoms with Crippen molar-refractivity contribution >= 4 is 28.9 Å². The number of piperazine rings is 1. The lowest BCUT2D eigenvalue weighted by atomic mass is 10.3. The van der Waals surface area contributed by atoms with Gasteiger partial charge in [-0.15, -0.1) is 0 Å². The van der Waals surface area contributed by atoms with Gasteiger partial charge in [-0.25, -0.2) is 4.79 Å². The number of amides is 1. The van der Waals surface area contributed by atoms with Gasteiger partial charge >= 0.3 is 6.09 Å². The van der Waals surface area contributed by atoms with E-state index in [1.807, 2.05) is 11.0 Å². The van der Waals surface area contributed by atoms with Crippen LogP contribution in [0.2, 0.25) is 0 Å². The molecule has 7 nitrogen and oxygen atoms in total. The minimum absolute atomic E-state index is 0.262. The standard InChI is InChI=1S/C14H18N4O3/c1-2-20-14(19)18-7-5-17(6-8-18)13-16-11-9-10(15)3-4-12(11)21-13/h3-4,9H,2,5-8,15H2,1H3. The zero-order valence-electron chi connectivity index (χ0n) is 11.9. The molecule has 0 bridgehead atoms. The Morgan fingerprint density at radius 2 is 2.14 bits per heavy atom. The lowest BCUT2D eigenvalue weighted by Crippen LogP contribution is -2.49. The fourth-order valence-corrected chi connectivity index (χ4v) is 2.36. The SMILES string of the molecule is CCOC(=O)N1CCN(c2nc3cc(N)ccc3o2)CC1. The van der Waals surface area contributed by atoms with E-state index in [1.54, 1.807) is 24.0 Å². The first-order chi connectivity index (χ1) is 10.2. The normalized spacial score (nSPS) is 15.5. The summed E-state index contributed by atoms with van der Waals surface area (Å²) in [4.78, 5) is 19.8. The Bertz CT molecular complexity index is 647. The van der Waals surface area contributed by atoms with Crippen molar-refractivity contribution in [2.24, 2.45) is 0 Å². The molecule has 1 saturated heterocycles. The molecule has 21 heavy (non-hydrogen) atoms. The summed E-state index contributed by atoms with van der Waals surface area (Å²) in [6, 6.07) is 5.96. The van der Waals surface area contributed by atoms with Crippen LogP contribution in [0, 0.1) is 0 Å². The van der Waals surface area contributed by atoms with E-state index in [-0.39, 0.29) is 6.09 Å². The van der Waals surface area contributed by atoms with E-state index in [9.17, 15) is 4.79 Å². The van der Waals surface area contributed by atoms with Crippen LogP contribution in [0.5, 0.6) is 0 Å². The summed E-state index contributed by atoms with van der Waals surface area (Å²) >= 11 is 0. The zero-order valence-corrected chi connectivity index (χ0v) is 11.9. The molecule has 2 aromatic rings. The van der Waals surface area contributed by atoms with Crippen molar-refractivity contribution in [2.45, 2.75) is 6.92 Å². The highest BCUT2D eigenvalue weighted by Crippen LogP contribution is 2.24. The van der Waals surface area contributed by atoms with Gasteiger partial charge in [0.1, 0.15) is 5.52 Å². The van der Waals surface area contributed by atoms with Crippen LogP contribution >= 0.6 is 0 Å². The van der Waals surface area contributed by atoms with E-state index in [0.29, 0.717) is 50.1 Å². The summed E-state index contributed by atoms with van der Waals surface area (Å²) in [6.45, 7) is 4.73. The highest BCUT2D eigenvalue weighted by molar-refractivity contribution is 5.78. The predicted octanol–water partition coefficient (Wildman–Crippen LogP) is 1.69. The second-order valence-electron chi connectivity index (χ2n) is 4.90. The van der Waals surface area contributed by atoms with Crippen LogP contribution in [0.25, 0.3) is 11.1 Å². The number of hydrogen-bond donors (Lipinski definition) is 1. The first-order valence-corrected chi connectivity index (χ1v) is 7.00. The van der Waals surface area contributed by atoms with Crippen molar-refractivity contribution < 1.29 is 13.9 Å². The highest BCUT2D eigenvalue weighted by atomic mass is 16.6. The number of oxazole rings is 1. The number of benzene rings is 1. The van der Waals surface area contributed by atoms with E-state index >= 15 is 0 Å². The van der Waals surface area contributed by atoms with Gasteiger partial charge in [0.2, 0.25) is 0 Å². The molecular formula is C14H18N4O3. The van der Waals surface area contributed by atoms with Crippen molar-refractivity contribution in [3.63, 3.8) is 0 Å². The monoisotopic (exact) mass is 290 g/mol. The molecule has 1 aliphatic rings. The van der Waals surface area contributed by atoms with Gasteiger partial charge < -0.3 is 24.7 Å². The Morgan fingerprint density at radius 1 is 1.38 bits per heavy atom. The number of aromatic nitrogens is 1. The van der Waals surface area contributed by atoms with Gasteiger partial charge in [-0.2, -0.15) is 4.98 Å². The molecule has 0 atom stereocenters. The maximum Gasteiger partial charge on any atom is 0.409 e. The number of nitrogen functional groups attached to an aromatic ring is 1. The molecule has 2 N–H and O–H groups in total. The van der Waals surface area contributed by atoms with E-state index in [0.717, 1.165) is 5.52 Å². The molecule has 0 radical (unpaired) electrons. The molecule has 1 amide bonds. The van der Waals surface area contributed by atoms with Gasteiger partial charge in [-0.3, -0.25) is 0 Å². The summed E-state index contributed by atoms with van der Waals surface area (Å²) in [7, 11) is 0. The van der Waals surface area contributed by atoms with Crippen LogP contribution in [-0.2, 0) is 4.74 Å². The predicted molar refractivity (Wildman–Crippen MR) is 79.2 cm³/mol. The fourth-order valence-electron chi connectivity index (χ4n) is 2.36. The summed E-state index contributed by atoms with van der Waals surface area (Å²) in [5.74, 6) is 0. The molecule has 112 valence electrons. The van der Waals surface area contributed by atoms with Gasteiger partial charge in [-0.05, 0) is 25.1 Å². The third-order valence-electron chi connectivity index (χ3n) is 3.48. The first kappa shape index (κ1) is 13.5. The molecule has 1 fully saturated rings. The van der Waals surface area contributed by atoms with Gasteiger partial charge in [0.15, 0.2) is 5.58 Å². The van der Waals surface area contributed by atoms with Crippen LogP contribution in [0.4, 0.5) is 16.5 Å². The van der Waals surface area contributed by atoms with Crippen molar-refractivity contribution in [1.82, 2.24) is 9.88 Å². The molecule has 1 aromatic heterocycles. The maximum absolute atomic E-state index is 11.7. The fraction of sp³-hybridized carbons (Fsp3) is 0.429. The molecular weight excluding hydrogens is 272 g/mol.